The second kappa shape index (κ2) is 8.05. The van der Waals surface area contributed by atoms with Crippen LogP contribution in [0, 0.1) is 5.82 Å². The van der Waals surface area contributed by atoms with Crippen molar-refractivity contribution in [2.24, 2.45) is 0 Å². The second-order valence-corrected chi connectivity index (χ2v) is 5.25. The topological polar surface area (TPSA) is 78.4 Å². The van der Waals surface area contributed by atoms with E-state index in [1.807, 2.05) is 6.92 Å². The molecule has 1 unspecified atom stereocenters. The summed E-state index contributed by atoms with van der Waals surface area (Å²) in [6, 6.07) is 1.34. The Morgan fingerprint density at radius 1 is 1.33 bits per heavy atom. The van der Waals surface area contributed by atoms with E-state index >= 15 is 0 Å². The second-order valence-electron chi connectivity index (χ2n) is 4.44. The van der Waals surface area contributed by atoms with E-state index in [0.29, 0.717) is 6.42 Å². The Morgan fingerprint density at radius 3 is 2.38 bits per heavy atom. The van der Waals surface area contributed by atoms with Crippen LogP contribution >= 0.6 is 23.2 Å². The number of urea groups is 1. The third-order valence-corrected chi connectivity index (χ3v) is 3.19. The number of aliphatic carboxylic acids is 1. The van der Waals surface area contributed by atoms with Gasteiger partial charge in [0.2, 0.25) is 0 Å². The molecule has 1 aromatic carbocycles. The Bertz CT molecular complexity index is 517. The number of halogens is 3. The van der Waals surface area contributed by atoms with Crippen molar-refractivity contribution in [1.29, 1.82) is 0 Å². The normalized spacial score (nSPS) is 11.8. The number of benzene rings is 1. The van der Waals surface area contributed by atoms with Gasteiger partial charge >= 0.3 is 12.0 Å². The molecule has 2 amide bonds. The molecule has 0 aliphatic carbocycles. The average Bonchev–Trinajstić information content (AvgIpc) is 2.35. The fourth-order valence-electron chi connectivity index (χ4n) is 1.76. The number of carbonyl (C=O) groups excluding carboxylic acids is 1. The first-order chi connectivity index (χ1) is 9.83. The SMILES string of the molecule is CCCC(CC(=O)O)NC(=O)Nc1cc(Cl)c(F)c(Cl)c1. The Morgan fingerprint density at radius 2 is 1.90 bits per heavy atom. The van der Waals surface area contributed by atoms with Crippen LogP contribution in [0.3, 0.4) is 0 Å². The van der Waals surface area contributed by atoms with Crippen LogP contribution in [0.5, 0.6) is 0 Å². The van der Waals surface area contributed by atoms with Crippen molar-refractivity contribution in [3.8, 4) is 0 Å². The van der Waals surface area contributed by atoms with Gasteiger partial charge in [0.1, 0.15) is 0 Å². The van der Waals surface area contributed by atoms with Crippen LogP contribution in [-0.4, -0.2) is 23.1 Å². The van der Waals surface area contributed by atoms with Gasteiger partial charge in [0.05, 0.1) is 16.5 Å². The Hall–Kier alpha value is -1.53. The van der Waals surface area contributed by atoms with Gasteiger partial charge in [0, 0.05) is 11.7 Å². The molecule has 0 fully saturated rings. The van der Waals surface area contributed by atoms with E-state index in [0.717, 1.165) is 6.42 Å². The minimum absolute atomic E-state index is 0.174. The Balaban J connectivity index is 2.69. The maximum Gasteiger partial charge on any atom is 0.319 e. The van der Waals surface area contributed by atoms with Crippen molar-refractivity contribution < 1.29 is 19.1 Å². The molecular weight excluding hydrogens is 322 g/mol. The van der Waals surface area contributed by atoms with Crippen LogP contribution in [0.25, 0.3) is 0 Å². The standard InChI is InChI=1S/C13H15Cl2FN2O3/c1-2-3-7(6-11(19)20)17-13(21)18-8-4-9(14)12(16)10(15)5-8/h4-5,7H,2-3,6H2,1H3,(H,19,20)(H2,17,18,21). The molecule has 0 aliphatic heterocycles. The number of hydrogen-bond acceptors (Lipinski definition) is 2. The smallest absolute Gasteiger partial charge is 0.319 e. The summed E-state index contributed by atoms with van der Waals surface area (Å²) in [4.78, 5) is 22.5. The zero-order valence-electron chi connectivity index (χ0n) is 11.3. The van der Waals surface area contributed by atoms with Crippen molar-refractivity contribution >= 4 is 40.9 Å². The number of carboxylic acid groups (broad SMARTS) is 1. The molecule has 21 heavy (non-hydrogen) atoms. The quantitative estimate of drug-likeness (QED) is 0.689. The lowest BCUT2D eigenvalue weighted by Crippen LogP contribution is -2.39. The Labute approximate surface area is 131 Å². The van der Waals surface area contributed by atoms with Crippen LogP contribution in [-0.2, 0) is 4.79 Å². The van der Waals surface area contributed by atoms with Gasteiger partial charge in [-0.3, -0.25) is 4.79 Å². The van der Waals surface area contributed by atoms with Crippen molar-refractivity contribution in [3.05, 3.63) is 28.0 Å². The monoisotopic (exact) mass is 336 g/mol. The number of carbonyl (C=O) groups is 2. The summed E-state index contributed by atoms with van der Waals surface area (Å²) < 4.78 is 13.2. The van der Waals surface area contributed by atoms with Crippen LogP contribution in [0.2, 0.25) is 10.0 Å². The number of rotatable bonds is 6. The first-order valence-corrected chi connectivity index (χ1v) is 7.03. The lowest BCUT2D eigenvalue weighted by molar-refractivity contribution is -0.137. The molecule has 0 saturated carbocycles. The molecule has 8 heteroatoms. The molecule has 116 valence electrons. The van der Waals surface area contributed by atoms with Crippen molar-refractivity contribution in [1.82, 2.24) is 5.32 Å². The molecule has 0 spiro atoms. The maximum atomic E-state index is 13.2. The van der Waals surface area contributed by atoms with Gasteiger partial charge in [0.15, 0.2) is 5.82 Å². The summed E-state index contributed by atoms with van der Waals surface area (Å²) in [5, 5.41) is 13.3. The molecule has 0 aliphatic rings. The zero-order valence-corrected chi connectivity index (χ0v) is 12.8. The summed E-state index contributed by atoms with van der Waals surface area (Å²) in [5.74, 6) is -1.76. The number of carboxylic acids is 1. The lowest BCUT2D eigenvalue weighted by Gasteiger charge is -2.17. The summed E-state index contributed by atoms with van der Waals surface area (Å²) in [7, 11) is 0. The van der Waals surface area contributed by atoms with Crippen molar-refractivity contribution in [3.63, 3.8) is 0 Å². The van der Waals surface area contributed by atoms with E-state index < -0.39 is 23.9 Å². The highest BCUT2D eigenvalue weighted by Crippen LogP contribution is 2.27. The molecule has 0 bridgehead atoms. The zero-order chi connectivity index (χ0) is 16.0. The average molecular weight is 337 g/mol. The van der Waals surface area contributed by atoms with Crippen LogP contribution < -0.4 is 10.6 Å². The van der Waals surface area contributed by atoms with Gasteiger partial charge in [0.25, 0.3) is 0 Å². The molecule has 0 radical (unpaired) electrons. The lowest BCUT2D eigenvalue weighted by atomic mass is 10.1. The van der Waals surface area contributed by atoms with E-state index in [9.17, 15) is 14.0 Å². The van der Waals surface area contributed by atoms with Crippen LogP contribution in [0.15, 0.2) is 12.1 Å². The largest absolute Gasteiger partial charge is 0.481 e. The number of anilines is 1. The summed E-state index contributed by atoms with van der Waals surface area (Å²) in [6.07, 6.45) is 1.09. The molecule has 0 aromatic heterocycles. The Kier molecular flexibility index (Phi) is 6.71. The first kappa shape index (κ1) is 17.5. The highest BCUT2D eigenvalue weighted by atomic mass is 35.5. The molecule has 0 heterocycles. The van der Waals surface area contributed by atoms with E-state index in [4.69, 9.17) is 28.3 Å². The van der Waals surface area contributed by atoms with Gasteiger partial charge in [-0.25, -0.2) is 9.18 Å². The highest BCUT2D eigenvalue weighted by molar-refractivity contribution is 6.35. The van der Waals surface area contributed by atoms with Crippen molar-refractivity contribution in [2.45, 2.75) is 32.2 Å². The molecule has 1 atom stereocenters. The molecule has 3 N–H and O–H groups in total. The highest BCUT2D eigenvalue weighted by Gasteiger charge is 2.16. The van der Waals surface area contributed by atoms with Gasteiger partial charge in [-0.1, -0.05) is 36.5 Å². The van der Waals surface area contributed by atoms with Gasteiger partial charge in [-0.2, -0.15) is 0 Å². The van der Waals surface area contributed by atoms with E-state index in [1.165, 1.54) is 12.1 Å². The predicted molar refractivity (Wildman–Crippen MR) is 79.5 cm³/mol. The number of hydrogen-bond donors (Lipinski definition) is 3. The van der Waals surface area contributed by atoms with E-state index in [2.05, 4.69) is 10.6 Å². The first-order valence-electron chi connectivity index (χ1n) is 6.27. The molecule has 0 saturated heterocycles. The van der Waals surface area contributed by atoms with Gasteiger partial charge in [-0.15, -0.1) is 0 Å². The summed E-state index contributed by atoms with van der Waals surface area (Å²) in [6.45, 7) is 1.88. The predicted octanol–water partition coefficient (Wildman–Crippen LogP) is 3.90. The van der Waals surface area contributed by atoms with E-state index in [1.54, 1.807) is 0 Å². The third-order valence-electron chi connectivity index (χ3n) is 2.64. The minimum atomic E-state index is -0.998. The van der Waals surface area contributed by atoms with Crippen molar-refractivity contribution in [2.75, 3.05) is 5.32 Å². The molecule has 1 aromatic rings. The van der Waals surface area contributed by atoms with Gasteiger partial charge < -0.3 is 15.7 Å². The summed E-state index contributed by atoms with van der Waals surface area (Å²) in [5.41, 5.74) is 0.217. The molecule has 1 rings (SSSR count). The van der Waals surface area contributed by atoms with Crippen LogP contribution in [0.4, 0.5) is 14.9 Å². The van der Waals surface area contributed by atoms with Crippen LogP contribution in [0.1, 0.15) is 26.2 Å². The van der Waals surface area contributed by atoms with E-state index in [-0.39, 0.29) is 22.2 Å². The fraction of sp³-hybridized carbons (Fsp3) is 0.385. The minimum Gasteiger partial charge on any atom is -0.481 e. The number of nitrogens with one attached hydrogen (secondary N) is 2. The summed E-state index contributed by atoms with van der Waals surface area (Å²) >= 11 is 11.2. The van der Waals surface area contributed by atoms with Gasteiger partial charge in [-0.05, 0) is 18.6 Å². The third kappa shape index (κ3) is 5.77. The fourth-order valence-corrected chi connectivity index (χ4v) is 2.25. The maximum absolute atomic E-state index is 13.2. The molecular formula is C13H15Cl2FN2O3. The molecule has 5 nitrogen and oxygen atoms in total. The number of amides is 2.